The molecule has 0 atom stereocenters. The van der Waals surface area contributed by atoms with E-state index in [1.807, 2.05) is 43.0 Å². The molecular weight excluding hydrogens is 404 g/mol. The quantitative estimate of drug-likeness (QED) is 0.622. The normalized spacial score (nSPS) is 13.8. The van der Waals surface area contributed by atoms with Gasteiger partial charge < -0.3 is 10.2 Å². The Morgan fingerprint density at radius 2 is 1.72 bits per heavy atom. The molecule has 4 rings (SSSR count). The van der Waals surface area contributed by atoms with Crippen LogP contribution in [0, 0.1) is 5.92 Å². The number of aromatic nitrogens is 2. The number of rotatable bonds is 7. The first-order valence-electron chi connectivity index (χ1n) is 11.1. The van der Waals surface area contributed by atoms with Crippen LogP contribution in [0.15, 0.2) is 53.3 Å². The molecule has 7 heteroatoms. The van der Waals surface area contributed by atoms with Crippen LogP contribution >= 0.6 is 0 Å². The number of hydrogen-bond acceptors (Lipinski definition) is 4. The van der Waals surface area contributed by atoms with Crippen LogP contribution in [0.3, 0.4) is 0 Å². The van der Waals surface area contributed by atoms with Gasteiger partial charge >= 0.3 is 0 Å². The maximum absolute atomic E-state index is 13.1. The van der Waals surface area contributed by atoms with Gasteiger partial charge in [0.1, 0.15) is 0 Å². The molecule has 0 bridgehead atoms. The first-order chi connectivity index (χ1) is 15.4. The Bertz CT molecular complexity index is 1220. The van der Waals surface area contributed by atoms with Crippen molar-refractivity contribution in [3.63, 3.8) is 0 Å². The first-order valence-corrected chi connectivity index (χ1v) is 11.1. The molecule has 166 valence electrons. The van der Waals surface area contributed by atoms with Gasteiger partial charge in [-0.25, -0.2) is 4.68 Å². The third-order valence-electron chi connectivity index (χ3n) is 5.71. The molecule has 0 aliphatic carbocycles. The van der Waals surface area contributed by atoms with E-state index in [9.17, 15) is 14.4 Å². The van der Waals surface area contributed by atoms with E-state index in [4.69, 9.17) is 0 Å². The van der Waals surface area contributed by atoms with Crippen molar-refractivity contribution in [2.24, 2.45) is 5.92 Å². The Labute approximate surface area is 187 Å². The topological polar surface area (TPSA) is 84.3 Å². The molecule has 0 radical (unpaired) electrons. The minimum Gasteiger partial charge on any atom is -0.347 e. The van der Waals surface area contributed by atoms with Gasteiger partial charge in [0.2, 0.25) is 5.91 Å². The van der Waals surface area contributed by atoms with Crippen molar-refractivity contribution in [2.75, 3.05) is 6.54 Å². The van der Waals surface area contributed by atoms with Crippen molar-refractivity contribution in [1.82, 2.24) is 20.0 Å². The summed E-state index contributed by atoms with van der Waals surface area (Å²) in [5.41, 5.74) is 2.03. The Hall–Kier alpha value is -3.48. The van der Waals surface area contributed by atoms with Gasteiger partial charge in [0.15, 0.2) is 5.69 Å². The zero-order valence-corrected chi connectivity index (χ0v) is 18.5. The maximum Gasteiger partial charge on any atom is 0.274 e. The van der Waals surface area contributed by atoms with Crippen LogP contribution in [0.2, 0.25) is 0 Å². The van der Waals surface area contributed by atoms with E-state index in [2.05, 4.69) is 10.4 Å². The van der Waals surface area contributed by atoms with Crippen LogP contribution in [0.5, 0.6) is 0 Å². The van der Waals surface area contributed by atoms with Crippen LogP contribution in [-0.2, 0) is 24.4 Å². The van der Waals surface area contributed by atoms with Gasteiger partial charge in [-0.15, -0.1) is 0 Å². The van der Waals surface area contributed by atoms with E-state index in [0.717, 1.165) is 24.1 Å². The van der Waals surface area contributed by atoms with Crippen molar-refractivity contribution in [2.45, 2.75) is 46.3 Å². The number of likely N-dealkylation sites (tertiary alicyclic amines) is 1. The molecule has 2 amide bonds. The summed E-state index contributed by atoms with van der Waals surface area (Å²) in [5.74, 6) is 0.0649. The fourth-order valence-corrected chi connectivity index (χ4v) is 4.09. The van der Waals surface area contributed by atoms with Gasteiger partial charge in [0.05, 0.1) is 5.39 Å². The summed E-state index contributed by atoms with van der Waals surface area (Å²) in [5, 5.41) is 8.41. The lowest BCUT2D eigenvalue weighted by Crippen LogP contribution is -2.32. The summed E-state index contributed by atoms with van der Waals surface area (Å²) in [6.45, 7) is 6.08. The number of hydrogen-bond donors (Lipinski definition) is 1. The highest BCUT2D eigenvalue weighted by Crippen LogP contribution is 2.18. The lowest BCUT2D eigenvalue weighted by molar-refractivity contribution is -0.128. The molecule has 0 saturated carbocycles. The highest BCUT2D eigenvalue weighted by Gasteiger charge is 2.21. The van der Waals surface area contributed by atoms with Crippen molar-refractivity contribution in [3.05, 3.63) is 75.7 Å². The highest BCUT2D eigenvalue weighted by molar-refractivity contribution is 6.04. The predicted molar refractivity (Wildman–Crippen MR) is 123 cm³/mol. The largest absolute Gasteiger partial charge is 0.347 e. The van der Waals surface area contributed by atoms with Gasteiger partial charge in [0, 0.05) is 38.0 Å². The van der Waals surface area contributed by atoms with Crippen LogP contribution in [0.4, 0.5) is 0 Å². The smallest absolute Gasteiger partial charge is 0.274 e. The van der Waals surface area contributed by atoms with Crippen molar-refractivity contribution < 1.29 is 9.59 Å². The van der Waals surface area contributed by atoms with Gasteiger partial charge in [-0.2, -0.15) is 5.10 Å². The molecule has 1 aliphatic rings. The summed E-state index contributed by atoms with van der Waals surface area (Å²) in [6.07, 6.45) is 1.49. The minimum atomic E-state index is -0.328. The fraction of sp³-hybridized carbons (Fsp3) is 0.360. The molecule has 1 aliphatic heterocycles. The first kappa shape index (κ1) is 21.7. The molecule has 7 nitrogen and oxygen atoms in total. The van der Waals surface area contributed by atoms with Crippen LogP contribution in [0.1, 0.15) is 48.3 Å². The second-order valence-electron chi connectivity index (χ2n) is 8.65. The standard InChI is InChI=1S/C25H28N4O3/c1-17(2)15-29-25(32)21-11-6-5-10-20(21)23(27-29)24(31)26-14-18-8-3-4-9-19(18)16-28-13-7-12-22(28)30/h3-6,8-11,17H,7,12-16H2,1-2H3,(H,26,31). The molecule has 0 spiro atoms. The molecule has 0 unspecified atom stereocenters. The number of nitrogens with zero attached hydrogens (tertiary/aromatic N) is 3. The van der Waals surface area contributed by atoms with Crippen LogP contribution in [-0.4, -0.2) is 33.0 Å². The minimum absolute atomic E-state index is 0.173. The summed E-state index contributed by atoms with van der Waals surface area (Å²) in [4.78, 5) is 39.8. The van der Waals surface area contributed by atoms with Crippen LogP contribution in [0.25, 0.3) is 10.8 Å². The molecule has 3 aromatic rings. The zero-order valence-electron chi connectivity index (χ0n) is 18.5. The monoisotopic (exact) mass is 432 g/mol. The average molecular weight is 433 g/mol. The van der Waals surface area contributed by atoms with E-state index < -0.39 is 0 Å². The SMILES string of the molecule is CC(C)Cn1nc(C(=O)NCc2ccccc2CN2CCCC2=O)c2ccccc2c1=O. The van der Waals surface area contributed by atoms with Crippen molar-refractivity contribution in [3.8, 4) is 0 Å². The van der Waals surface area contributed by atoms with Crippen molar-refractivity contribution >= 4 is 22.6 Å². The van der Waals surface area contributed by atoms with Gasteiger partial charge in [-0.05, 0) is 29.5 Å². The Morgan fingerprint density at radius 3 is 2.41 bits per heavy atom. The average Bonchev–Trinajstić information content (AvgIpc) is 3.19. The maximum atomic E-state index is 13.1. The van der Waals surface area contributed by atoms with Gasteiger partial charge in [-0.1, -0.05) is 56.3 Å². The Balaban J connectivity index is 1.58. The van der Waals surface area contributed by atoms with Gasteiger partial charge in [0.25, 0.3) is 11.5 Å². The number of nitrogens with one attached hydrogen (secondary N) is 1. The number of benzene rings is 2. The fourth-order valence-electron chi connectivity index (χ4n) is 4.09. The second kappa shape index (κ2) is 9.34. The van der Waals surface area contributed by atoms with E-state index in [1.54, 1.807) is 24.3 Å². The summed E-state index contributed by atoms with van der Waals surface area (Å²) < 4.78 is 1.38. The molecular formula is C25H28N4O3. The Kier molecular flexibility index (Phi) is 6.35. The third kappa shape index (κ3) is 4.56. The highest BCUT2D eigenvalue weighted by atomic mass is 16.2. The van der Waals surface area contributed by atoms with E-state index in [0.29, 0.717) is 36.8 Å². The number of fused-ring (bicyclic) bond motifs is 1. The molecule has 1 fully saturated rings. The zero-order chi connectivity index (χ0) is 22.7. The lowest BCUT2D eigenvalue weighted by atomic mass is 10.1. The molecule has 1 saturated heterocycles. The number of amides is 2. The number of carbonyl (C=O) groups excluding carboxylic acids is 2. The summed E-state index contributed by atoms with van der Waals surface area (Å²) in [7, 11) is 0. The van der Waals surface area contributed by atoms with Crippen molar-refractivity contribution in [1.29, 1.82) is 0 Å². The van der Waals surface area contributed by atoms with Gasteiger partial charge in [-0.3, -0.25) is 14.4 Å². The number of carbonyl (C=O) groups is 2. The lowest BCUT2D eigenvalue weighted by Gasteiger charge is -2.18. The van der Waals surface area contributed by atoms with E-state index in [-0.39, 0.29) is 29.0 Å². The Morgan fingerprint density at radius 1 is 1.03 bits per heavy atom. The molecule has 1 aromatic heterocycles. The molecule has 1 N–H and O–H groups in total. The third-order valence-corrected chi connectivity index (χ3v) is 5.71. The molecule has 32 heavy (non-hydrogen) atoms. The molecule has 2 aromatic carbocycles. The second-order valence-corrected chi connectivity index (χ2v) is 8.65. The van der Waals surface area contributed by atoms with E-state index >= 15 is 0 Å². The van der Waals surface area contributed by atoms with Crippen LogP contribution < -0.4 is 10.9 Å². The predicted octanol–water partition coefficient (Wildman–Crippen LogP) is 3.10. The summed E-state index contributed by atoms with van der Waals surface area (Å²) >= 11 is 0. The molecule has 2 heterocycles. The summed E-state index contributed by atoms with van der Waals surface area (Å²) in [6, 6.07) is 14.9. The van der Waals surface area contributed by atoms with E-state index in [1.165, 1.54) is 4.68 Å².